The third-order valence-electron chi connectivity index (χ3n) is 6.59. The number of rotatable bonds is 12. The summed E-state index contributed by atoms with van der Waals surface area (Å²) in [6.45, 7) is 5.63. The monoisotopic (exact) mass is 550 g/mol. The molecule has 5 rings (SSSR count). The quantitative estimate of drug-likeness (QED) is 0.264. The second-order valence-corrected chi connectivity index (χ2v) is 9.99. The molecule has 5 nitrogen and oxygen atoms in total. The van der Waals surface area contributed by atoms with E-state index in [1.165, 1.54) is 0 Å². The second-order valence-electron chi connectivity index (χ2n) is 9.08. The van der Waals surface area contributed by atoms with E-state index in [1.807, 2.05) is 48.5 Å². The van der Waals surface area contributed by atoms with Gasteiger partial charge in [-0.25, -0.2) is 0 Å². The fourth-order valence-electron chi connectivity index (χ4n) is 4.86. The zero-order valence-electron chi connectivity index (χ0n) is 20.1. The molecule has 0 amide bonds. The van der Waals surface area contributed by atoms with Gasteiger partial charge < -0.3 is 23.7 Å². The molecule has 6 atom stereocenters. The SMILES string of the molecule is C=CCO[C@@H]1[C@@H](OCc2ccccc2)[C@H]2O[C@@H]1[C@H](OCc1ccc(Br)cc1)[C@@H]2OCc1ccccc1. The molecule has 188 valence electrons. The second kappa shape index (κ2) is 12.3. The van der Waals surface area contributed by atoms with Crippen molar-refractivity contribution in [3.63, 3.8) is 0 Å². The van der Waals surface area contributed by atoms with Gasteiger partial charge in [0.15, 0.2) is 0 Å². The summed E-state index contributed by atoms with van der Waals surface area (Å²) in [6, 6.07) is 28.4. The van der Waals surface area contributed by atoms with Gasteiger partial charge in [0.2, 0.25) is 0 Å². The maximum absolute atomic E-state index is 6.46. The van der Waals surface area contributed by atoms with Crippen molar-refractivity contribution in [3.8, 4) is 0 Å². The molecule has 2 heterocycles. The van der Waals surface area contributed by atoms with Crippen LogP contribution in [0, 0.1) is 0 Å². The highest BCUT2D eigenvalue weighted by molar-refractivity contribution is 9.10. The van der Waals surface area contributed by atoms with Crippen LogP contribution in [0.15, 0.2) is 102 Å². The number of ether oxygens (including phenoxy) is 5. The summed E-state index contributed by atoms with van der Waals surface area (Å²) in [4.78, 5) is 0. The van der Waals surface area contributed by atoms with E-state index in [0.29, 0.717) is 26.4 Å². The van der Waals surface area contributed by atoms with Crippen LogP contribution in [0.3, 0.4) is 0 Å². The Labute approximate surface area is 221 Å². The van der Waals surface area contributed by atoms with Crippen LogP contribution in [0.2, 0.25) is 0 Å². The molecule has 0 N–H and O–H groups in total. The summed E-state index contributed by atoms with van der Waals surface area (Å²) in [5.41, 5.74) is 3.30. The van der Waals surface area contributed by atoms with Gasteiger partial charge in [0.05, 0.1) is 26.4 Å². The smallest absolute Gasteiger partial charge is 0.116 e. The molecule has 0 aliphatic carbocycles. The number of benzene rings is 3. The van der Waals surface area contributed by atoms with Gasteiger partial charge in [-0.3, -0.25) is 0 Å². The van der Waals surface area contributed by atoms with Gasteiger partial charge in [-0.1, -0.05) is 94.8 Å². The largest absolute Gasteiger partial charge is 0.369 e. The Bertz CT molecular complexity index is 1090. The summed E-state index contributed by atoms with van der Waals surface area (Å²) in [5.74, 6) is 0. The number of hydrogen-bond acceptors (Lipinski definition) is 5. The minimum atomic E-state index is -0.299. The lowest BCUT2D eigenvalue weighted by Crippen LogP contribution is -2.56. The maximum atomic E-state index is 6.46. The Hall–Kier alpha value is -2.32. The standard InChI is InChI=1S/C30H31BrO5/c1-2-17-32-25-26(33-18-21-9-5-3-6-10-21)30-28(34-19-22-11-7-4-8-12-22)27(29(25)36-30)35-20-23-13-15-24(31)16-14-23/h2-16,25-30H,1,17-20H2/t25-,26-,27-,28+,29+,30-/m1/s1. The Balaban J connectivity index is 1.34. The molecule has 6 heteroatoms. The summed E-state index contributed by atoms with van der Waals surface area (Å²) >= 11 is 3.49. The van der Waals surface area contributed by atoms with Gasteiger partial charge in [0, 0.05) is 4.47 Å². The minimum absolute atomic E-state index is 0.275. The normalized spacial score (nSPS) is 26.8. The van der Waals surface area contributed by atoms with E-state index >= 15 is 0 Å². The fourth-order valence-corrected chi connectivity index (χ4v) is 5.12. The molecular formula is C30H31BrO5. The van der Waals surface area contributed by atoms with Crippen molar-refractivity contribution in [3.05, 3.63) is 119 Å². The molecule has 0 saturated carbocycles. The maximum Gasteiger partial charge on any atom is 0.116 e. The lowest BCUT2D eigenvalue weighted by molar-refractivity contribution is -0.161. The van der Waals surface area contributed by atoms with Crippen LogP contribution in [0.4, 0.5) is 0 Å². The highest BCUT2D eigenvalue weighted by atomic mass is 79.9. The zero-order chi connectivity index (χ0) is 24.7. The molecule has 2 aliphatic rings. The number of fused-ring (bicyclic) bond motifs is 2. The van der Waals surface area contributed by atoms with Gasteiger partial charge in [-0.2, -0.15) is 0 Å². The molecule has 0 radical (unpaired) electrons. The third-order valence-corrected chi connectivity index (χ3v) is 7.12. The van der Waals surface area contributed by atoms with Crippen molar-refractivity contribution in [2.75, 3.05) is 6.61 Å². The Morgan fingerprint density at radius 1 is 0.611 bits per heavy atom. The van der Waals surface area contributed by atoms with Crippen LogP contribution in [0.1, 0.15) is 16.7 Å². The minimum Gasteiger partial charge on any atom is -0.369 e. The van der Waals surface area contributed by atoms with Crippen molar-refractivity contribution in [2.24, 2.45) is 0 Å². The zero-order valence-corrected chi connectivity index (χ0v) is 21.7. The third kappa shape index (κ3) is 5.97. The first kappa shape index (κ1) is 25.3. The Kier molecular flexibility index (Phi) is 8.64. The molecule has 0 spiro atoms. The van der Waals surface area contributed by atoms with Crippen molar-refractivity contribution in [2.45, 2.75) is 56.4 Å². The number of halogens is 1. The molecule has 2 saturated heterocycles. The molecule has 2 aliphatic heterocycles. The molecule has 36 heavy (non-hydrogen) atoms. The average molecular weight is 551 g/mol. The molecule has 3 aromatic carbocycles. The first-order chi connectivity index (χ1) is 17.7. The Morgan fingerprint density at radius 2 is 1.03 bits per heavy atom. The van der Waals surface area contributed by atoms with Crippen LogP contribution in [-0.2, 0) is 43.5 Å². The summed E-state index contributed by atoms with van der Waals surface area (Å²) in [6.07, 6.45) is 0.0379. The highest BCUT2D eigenvalue weighted by Crippen LogP contribution is 2.43. The van der Waals surface area contributed by atoms with Crippen molar-refractivity contribution < 1.29 is 23.7 Å². The summed E-state index contributed by atoms with van der Waals surface area (Å²) < 4.78 is 33.0. The van der Waals surface area contributed by atoms with Crippen LogP contribution in [-0.4, -0.2) is 43.2 Å². The summed E-state index contributed by atoms with van der Waals surface area (Å²) in [7, 11) is 0. The summed E-state index contributed by atoms with van der Waals surface area (Å²) in [5, 5.41) is 0. The van der Waals surface area contributed by atoms with E-state index in [2.05, 4.69) is 58.9 Å². The van der Waals surface area contributed by atoms with E-state index in [-0.39, 0.29) is 36.6 Å². The van der Waals surface area contributed by atoms with Gasteiger partial charge in [-0.05, 0) is 28.8 Å². The van der Waals surface area contributed by atoms with Crippen LogP contribution >= 0.6 is 15.9 Å². The van der Waals surface area contributed by atoms with Gasteiger partial charge in [-0.15, -0.1) is 6.58 Å². The molecular weight excluding hydrogens is 520 g/mol. The predicted molar refractivity (Wildman–Crippen MR) is 141 cm³/mol. The topological polar surface area (TPSA) is 46.2 Å². The van der Waals surface area contributed by atoms with E-state index in [4.69, 9.17) is 23.7 Å². The lowest BCUT2D eigenvalue weighted by Gasteiger charge is -2.37. The lowest BCUT2D eigenvalue weighted by atomic mass is 9.89. The van der Waals surface area contributed by atoms with Crippen LogP contribution in [0.25, 0.3) is 0 Å². The molecule has 0 aromatic heterocycles. The van der Waals surface area contributed by atoms with E-state index in [9.17, 15) is 0 Å². The highest BCUT2D eigenvalue weighted by Gasteiger charge is 2.62. The molecule has 2 fully saturated rings. The van der Waals surface area contributed by atoms with Gasteiger partial charge >= 0.3 is 0 Å². The number of hydrogen-bond donors (Lipinski definition) is 0. The first-order valence-corrected chi connectivity index (χ1v) is 13.1. The van der Waals surface area contributed by atoms with Crippen LogP contribution in [0.5, 0.6) is 0 Å². The van der Waals surface area contributed by atoms with Crippen molar-refractivity contribution in [1.29, 1.82) is 0 Å². The van der Waals surface area contributed by atoms with Gasteiger partial charge in [0.1, 0.15) is 36.6 Å². The molecule has 3 aromatic rings. The van der Waals surface area contributed by atoms with Gasteiger partial charge in [0.25, 0.3) is 0 Å². The predicted octanol–water partition coefficient (Wildman–Crippen LogP) is 5.86. The van der Waals surface area contributed by atoms with Crippen LogP contribution < -0.4 is 0 Å². The van der Waals surface area contributed by atoms with Crippen molar-refractivity contribution in [1.82, 2.24) is 0 Å². The molecule has 2 bridgehead atoms. The van der Waals surface area contributed by atoms with E-state index < -0.39 is 0 Å². The van der Waals surface area contributed by atoms with Crippen molar-refractivity contribution >= 4 is 15.9 Å². The van der Waals surface area contributed by atoms with E-state index in [0.717, 1.165) is 21.2 Å². The Morgan fingerprint density at radius 3 is 1.47 bits per heavy atom. The van der Waals surface area contributed by atoms with E-state index in [1.54, 1.807) is 6.08 Å². The molecule has 0 unspecified atom stereocenters. The first-order valence-electron chi connectivity index (χ1n) is 12.3. The average Bonchev–Trinajstić information content (AvgIpc) is 3.45. The fraction of sp³-hybridized carbons (Fsp3) is 0.333.